The predicted molar refractivity (Wildman–Crippen MR) is 418 cm³/mol. The van der Waals surface area contributed by atoms with Crippen molar-refractivity contribution in [3.8, 4) is 0 Å². The molecule has 112 heavy (non-hydrogen) atoms. The predicted octanol–water partition coefficient (Wildman–Crippen LogP) is 12.3. The van der Waals surface area contributed by atoms with Crippen molar-refractivity contribution in [2.75, 3.05) is 85.6 Å². The van der Waals surface area contributed by atoms with Crippen LogP contribution in [-0.4, -0.2) is 244 Å². The zero-order valence-corrected chi connectivity index (χ0v) is 70.3. The summed E-state index contributed by atoms with van der Waals surface area (Å²) >= 11 is 0. The number of carbonyl (C=O) groups is 12. The number of pyridine rings is 1. The number of nitrogens with one attached hydrogen (secondary N) is 4. The van der Waals surface area contributed by atoms with Gasteiger partial charge in [-0.15, -0.1) is 0 Å². The second-order valence-corrected chi connectivity index (χ2v) is 31.2. The Morgan fingerprint density at radius 2 is 0.714 bits per heavy atom. The normalized spacial score (nSPS) is 12.5. The van der Waals surface area contributed by atoms with Crippen LogP contribution in [0, 0.1) is 17.8 Å². The van der Waals surface area contributed by atoms with Gasteiger partial charge < -0.3 is 110 Å². The molecule has 0 saturated carbocycles. The number of carbonyl (C=O) groups excluding carboxylic acids is 5. The molecule has 1 aromatic rings. The first-order valence-corrected chi connectivity index (χ1v) is 38.1. The average Bonchev–Trinajstić information content (AvgIpc) is 0.869. The van der Waals surface area contributed by atoms with Crippen LogP contribution in [0.25, 0.3) is 0 Å². The lowest BCUT2D eigenvalue weighted by molar-refractivity contribution is -0.143. The van der Waals surface area contributed by atoms with Gasteiger partial charge >= 0.3 is 72.3 Å². The van der Waals surface area contributed by atoms with Crippen LogP contribution in [0.15, 0.2) is 24.5 Å². The number of carboxylic acids is 7. The van der Waals surface area contributed by atoms with Crippen molar-refractivity contribution in [2.45, 2.75) is 287 Å². The Bertz CT molecular complexity index is 2680. The van der Waals surface area contributed by atoms with E-state index >= 15 is 0 Å². The zero-order chi connectivity index (χ0) is 87.1. The molecule has 1 aromatic heterocycles. The van der Waals surface area contributed by atoms with Crippen molar-refractivity contribution in [1.82, 2.24) is 31.2 Å². The third-order valence-corrected chi connectivity index (χ3v) is 13.7. The molecule has 2 atom stereocenters. The number of aromatic nitrogens is 1. The van der Waals surface area contributed by atoms with E-state index in [0.717, 1.165) is 70.6 Å². The number of hydrogen-bond donors (Lipinski definition) is 12. The minimum absolute atomic E-state index is 0.0198. The van der Waals surface area contributed by atoms with E-state index < -0.39 is 94.1 Å². The highest BCUT2D eigenvalue weighted by Gasteiger charge is 2.31. The average molecular weight is 1610 g/mol. The molecule has 1 aliphatic rings. The minimum atomic E-state index is -1.06. The molecule has 1 saturated heterocycles. The molecule has 652 valence electrons. The maximum atomic E-state index is 11.6. The molecule has 1 aliphatic heterocycles. The molecule has 35 nitrogen and oxygen atoms in total. The third kappa shape index (κ3) is 84.0. The van der Waals surface area contributed by atoms with Crippen molar-refractivity contribution >= 4 is 72.3 Å². The van der Waals surface area contributed by atoms with E-state index in [2.05, 4.69) is 26.3 Å². The molecule has 0 spiro atoms. The molecule has 2 heterocycles. The van der Waals surface area contributed by atoms with Crippen LogP contribution < -0.4 is 27.0 Å². The maximum absolute atomic E-state index is 11.6. The van der Waals surface area contributed by atoms with Gasteiger partial charge in [-0.25, -0.2) is 38.4 Å². The first-order chi connectivity index (χ1) is 51.8. The van der Waals surface area contributed by atoms with Gasteiger partial charge in [0, 0.05) is 58.0 Å². The van der Waals surface area contributed by atoms with Gasteiger partial charge in [0.1, 0.15) is 40.1 Å². The third-order valence-electron chi connectivity index (χ3n) is 13.7. The zero-order valence-electron chi connectivity index (χ0n) is 70.3. The van der Waals surface area contributed by atoms with E-state index in [1.807, 2.05) is 62.3 Å². The maximum Gasteiger partial charge on any atom is 0.410 e. The van der Waals surface area contributed by atoms with Crippen LogP contribution in [0.4, 0.5) is 24.0 Å². The number of likely N-dealkylation sites (tertiary alicyclic amines) is 1. The fourth-order valence-electron chi connectivity index (χ4n) is 8.43. The first kappa shape index (κ1) is 112. The summed E-state index contributed by atoms with van der Waals surface area (Å²) in [4.78, 5) is 135. The van der Waals surface area contributed by atoms with Crippen LogP contribution >= 0.6 is 0 Å². The molecular weight excluding hydrogens is 1470 g/mol. The lowest BCUT2D eigenvalue weighted by atomic mass is 9.97. The van der Waals surface area contributed by atoms with Gasteiger partial charge in [-0.05, 0) is 166 Å². The van der Waals surface area contributed by atoms with Crippen molar-refractivity contribution in [2.24, 2.45) is 23.5 Å². The molecule has 0 radical (unpaired) electrons. The molecule has 0 aliphatic carbocycles. The number of carboxylic acid groups (broad SMARTS) is 7. The monoisotopic (exact) mass is 1610 g/mol. The van der Waals surface area contributed by atoms with Gasteiger partial charge in [-0.1, -0.05) is 85.5 Å². The molecular formula is C77H141N7O28. The van der Waals surface area contributed by atoms with E-state index in [-0.39, 0.29) is 67.5 Å². The van der Waals surface area contributed by atoms with E-state index in [1.54, 1.807) is 74.1 Å². The Hall–Kier alpha value is -8.41. The molecule has 2 rings (SSSR count). The Balaban J connectivity index is -0.000000401. The number of ether oxygens (including phenoxy) is 9. The summed E-state index contributed by atoms with van der Waals surface area (Å²) in [6.45, 7) is 40.0. The first-order valence-electron chi connectivity index (χ1n) is 38.1. The number of rotatable bonds is 41. The fraction of sp³-hybridized carbons (Fsp3) is 0.779. The number of alkyl carbamates (subject to hydrolysis) is 4. The van der Waals surface area contributed by atoms with Crippen LogP contribution in [0.5, 0.6) is 0 Å². The Morgan fingerprint density at radius 1 is 0.420 bits per heavy atom. The van der Waals surface area contributed by atoms with Gasteiger partial charge in [0.25, 0.3) is 0 Å². The van der Waals surface area contributed by atoms with Crippen LogP contribution in [0.2, 0.25) is 0 Å². The van der Waals surface area contributed by atoms with Gasteiger partial charge in [0.15, 0.2) is 0 Å². The summed E-state index contributed by atoms with van der Waals surface area (Å²) < 4.78 is 46.0. The molecule has 0 aromatic carbocycles. The number of amides is 5. The number of unbranched alkanes of at least 4 members (excludes halogenated alkanes) is 11. The topological polar surface area (TPSA) is 520 Å². The number of nitrogens with zero attached hydrogens (tertiary/aromatic N) is 2. The van der Waals surface area contributed by atoms with E-state index in [0.29, 0.717) is 91.8 Å². The molecule has 0 bridgehead atoms. The standard InChI is InChI=1S/C16H31NO4.C13H25NO4.C11H23NO6.C11H19NO4.2C10H19NO4.C6H5NO2/c1-16(2,3)21-15(20)17-13-11-9-7-5-4-6-8-10-12-14(18)19;1-13(2,3)18-12(17)14-10-8-6-4-5-7-9-11(15)16;12-2-4-16-6-8-18-10-9-17-7-5-15-3-1-11(13)14;1-11(2,3)16-10(15)12-6-4-8(5-7-12)9(13)14;2*1-6(2)7(8(12)13)11-9(14)15-10(3,4)5;8-6(9)5-1-3-7-4-2-5/h4-13H2,1-3H3,(H,17,20)(H,18,19);4-10H2,1-3H3,(H,14,17)(H,15,16);1-10,12H2,(H,13,14);8H,4-7H2,1-3H3,(H,13,14);2*6-7H,1-5H3,(H,11,14)(H,12,13);1-4H,(H,8,9)/t;;;;2*7-;/m....10./s1. The van der Waals surface area contributed by atoms with Gasteiger partial charge in [0.2, 0.25) is 0 Å². The van der Waals surface area contributed by atoms with Crippen LogP contribution in [0.3, 0.4) is 0 Å². The van der Waals surface area contributed by atoms with Gasteiger partial charge in [0.05, 0.1) is 70.8 Å². The Labute approximate surface area is 663 Å². The van der Waals surface area contributed by atoms with Crippen molar-refractivity contribution in [3.63, 3.8) is 0 Å². The van der Waals surface area contributed by atoms with Gasteiger partial charge in [-0.3, -0.25) is 24.2 Å². The second kappa shape index (κ2) is 65.0. The summed E-state index contributed by atoms with van der Waals surface area (Å²) in [5.41, 5.74) is 2.88. The van der Waals surface area contributed by atoms with Crippen molar-refractivity contribution < 1.29 is 136 Å². The number of hydrogen-bond acceptors (Lipinski definition) is 23. The lowest BCUT2D eigenvalue weighted by Gasteiger charge is -2.32. The summed E-state index contributed by atoms with van der Waals surface area (Å²) in [6.07, 6.45) is 15.0. The number of nitrogens with two attached hydrogens (primary N) is 1. The SMILES string of the molecule is CC(C)(C)OC(=O)N1CCC(C(=O)O)CC1.CC(C)(C)OC(=O)NCCCCCCCC(=O)O.CC(C)(C)OC(=O)NCCCCCCCCCCC(=O)O.CC(C)[C@@H](NC(=O)OC(C)(C)C)C(=O)O.CC(C)[C@H](NC(=O)OC(C)(C)C)C(=O)O.NCCOCCOCCOCCOCCC(=O)O.O=C(O)c1ccncc1. The lowest BCUT2D eigenvalue weighted by Crippen LogP contribution is -2.46. The molecule has 35 heteroatoms. The summed E-state index contributed by atoms with van der Waals surface area (Å²) in [5, 5.41) is 70.2. The highest BCUT2D eigenvalue weighted by Crippen LogP contribution is 2.20. The van der Waals surface area contributed by atoms with Crippen LogP contribution in [0.1, 0.15) is 257 Å². The fourth-order valence-corrected chi connectivity index (χ4v) is 8.43. The van der Waals surface area contributed by atoms with Crippen molar-refractivity contribution in [3.05, 3.63) is 30.1 Å². The molecule has 0 unspecified atom stereocenters. The largest absolute Gasteiger partial charge is 0.481 e. The molecule has 13 N–H and O–H groups in total. The van der Waals surface area contributed by atoms with E-state index in [1.165, 1.54) is 37.4 Å². The second-order valence-electron chi connectivity index (χ2n) is 31.2. The van der Waals surface area contributed by atoms with E-state index in [9.17, 15) is 57.5 Å². The summed E-state index contributed by atoms with van der Waals surface area (Å²) in [7, 11) is 0. The quantitative estimate of drug-likeness (QED) is 0.0214. The number of aromatic carboxylic acids is 1. The highest BCUT2D eigenvalue weighted by molar-refractivity contribution is 5.87. The summed E-state index contributed by atoms with van der Waals surface area (Å²) in [6, 6.07) is 1.06. The number of aliphatic carboxylic acids is 6. The Morgan fingerprint density at radius 3 is 0.982 bits per heavy atom. The minimum Gasteiger partial charge on any atom is -0.481 e. The highest BCUT2D eigenvalue weighted by atomic mass is 16.6. The van der Waals surface area contributed by atoms with E-state index in [4.69, 9.17) is 84.1 Å². The molecule has 5 amide bonds. The van der Waals surface area contributed by atoms with Crippen LogP contribution in [-0.2, 0) is 71.4 Å². The smallest absolute Gasteiger partial charge is 0.410 e. The summed E-state index contributed by atoms with van der Waals surface area (Å²) in [5.74, 6) is -6.80. The Kier molecular flexibility index (Phi) is 65.1. The number of piperidine rings is 1. The molecule has 1 fully saturated rings. The van der Waals surface area contributed by atoms with Crippen molar-refractivity contribution in [1.29, 1.82) is 0 Å². The van der Waals surface area contributed by atoms with Gasteiger partial charge in [-0.2, -0.15) is 0 Å².